The molecule has 0 radical (unpaired) electrons. The van der Waals surface area contributed by atoms with E-state index in [9.17, 15) is 9.90 Å². The first-order valence-corrected chi connectivity index (χ1v) is 11.2. The topological polar surface area (TPSA) is 53.0 Å². The van der Waals surface area contributed by atoms with Gasteiger partial charge in [-0.25, -0.2) is 0 Å². The Morgan fingerprint density at radius 3 is 2.73 bits per heavy atom. The van der Waals surface area contributed by atoms with E-state index in [-0.39, 0.29) is 24.2 Å². The summed E-state index contributed by atoms with van der Waals surface area (Å²) < 4.78 is 6.53. The normalized spacial score (nSPS) is 26.4. The first kappa shape index (κ1) is 20.1. The van der Waals surface area contributed by atoms with E-state index < -0.39 is 0 Å². The number of hydrogen-bond donors (Lipinski definition) is 1. The highest BCUT2D eigenvalue weighted by Gasteiger charge is 2.41. The van der Waals surface area contributed by atoms with Crippen LogP contribution in [0.25, 0.3) is 0 Å². The first-order chi connectivity index (χ1) is 14.5. The number of β-amino-alcohol motifs (C(OH)–C–C–N with tert-alkyl or cyclic N) is 1. The zero-order valence-corrected chi connectivity index (χ0v) is 18.1. The summed E-state index contributed by atoms with van der Waals surface area (Å²) in [4.78, 5) is 16.3. The predicted molar refractivity (Wildman–Crippen MR) is 118 cm³/mol. The Bertz CT molecular complexity index is 983. The maximum Gasteiger partial charge on any atom is 0.227 e. The van der Waals surface area contributed by atoms with Crippen LogP contribution in [0.3, 0.4) is 0 Å². The van der Waals surface area contributed by atoms with Gasteiger partial charge in [0.2, 0.25) is 5.91 Å². The molecule has 0 bridgehead atoms. The van der Waals surface area contributed by atoms with Crippen LogP contribution in [-0.2, 0) is 11.2 Å². The molecule has 5 nitrogen and oxygen atoms in total. The molecule has 2 aromatic rings. The van der Waals surface area contributed by atoms with Crippen LogP contribution in [-0.4, -0.2) is 47.7 Å². The Morgan fingerprint density at radius 2 is 2.00 bits per heavy atom. The average molecular weight is 447 g/mol. The van der Waals surface area contributed by atoms with Gasteiger partial charge >= 0.3 is 0 Å². The SMILES string of the molecule is O=C1CCCN1c1cccc(O[C@H]2c3cc(Cl)cc(Cl)c3C[C@H]2N2CC[C@@H](O)C2)c1. The van der Waals surface area contributed by atoms with Gasteiger partial charge in [-0.2, -0.15) is 0 Å². The van der Waals surface area contributed by atoms with Crippen molar-refractivity contribution >= 4 is 34.8 Å². The zero-order chi connectivity index (χ0) is 20.8. The Kier molecular flexibility index (Phi) is 5.40. The molecule has 30 heavy (non-hydrogen) atoms. The molecule has 7 heteroatoms. The Labute approximate surface area is 186 Å². The summed E-state index contributed by atoms with van der Waals surface area (Å²) in [6, 6.07) is 11.5. The molecule has 3 atom stereocenters. The lowest BCUT2D eigenvalue weighted by Crippen LogP contribution is -2.39. The number of ether oxygens (including phenoxy) is 1. The molecule has 1 N–H and O–H groups in total. The number of amides is 1. The van der Waals surface area contributed by atoms with Crippen molar-refractivity contribution in [2.45, 2.75) is 43.9 Å². The van der Waals surface area contributed by atoms with Crippen molar-refractivity contribution in [2.75, 3.05) is 24.5 Å². The third-order valence-corrected chi connectivity index (χ3v) is 6.95. The van der Waals surface area contributed by atoms with Crippen LogP contribution in [0.1, 0.15) is 36.5 Å². The molecule has 158 valence electrons. The van der Waals surface area contributed by atoms with Crippen molar-refractivity contribution in [1.82, 2.24) is 4.90 Å². The third kappa shape index (κ3) is 3.69. The number of carbonyl (C=O) groups excluding carboxylic acids is 1. The summed E-state index contributed by atoms with van der Waals surface area (Å²) in [5.74, 6) is 0.867. The summed E-state index contributed by atoms with van der Waals surface area (Å²) in [6.07, 6.45) is 2.45. The molecule has 1 aliphatic carbocycles. The number of carbonyl (C=O) groups is 1. The van der Waals surface area contributed by atoms with Gasteiger partial charge in [0, 0.05) is 53.4 Å². The van der Waals surface area contributed by atoms with Gasteiger partial charge in [0.15, 0.2) is 0 Å². The molecule has 2 saturated heterocycles. The highest BCUT2D eigenvalue weighted by Crippen LogP contribution is 2.43. The fourth-order valence-electron chi connectivity index (χ4n) is 4.94. The lowest BCUT2D eigenvalue weighted by Gasteiger charge is -2.30. The smallest absolute Gasteiger partial charge is 0.227 e. The Morgan fingerprint density at radius 1 is 1.13 bits per heavy atom. The fraction of sp³-hybridized carbons (Fsp3) is 0.435. The lowest BCUT2D eigenvalue weighted by atomic mass is 10.1. The Hall–Kier alpha value is -1.79. The average Bonchev–Trinajstić information content (AvgIpc) is 3.42. The third-order valence-electron chi connectivity index (χ3n) is 6.39. The molecule has 3 aliphatic rings. The van der Waals surface area contributed by atoms with Crippen LogP contribution in [0, 0.1) is 0 Å². The van der Waals surface area contributed by atoms with Crippen LogP contribution in [0.4, 0.5) is 5.69 Å². The fourth-order valence-corrected chi connectivity index (χ4v) is 5.53. The van der Waals surface area contributed by atoms with Gasteiger partial charge in [-0.05, 0) is 49.1 Å². The standard InChI is InChI=1S/C23H24Cl2N2O3/c24-14-9-19-18(20(25)10-14)12-21(26-8-6-16(28)13-26)23(19)30-17-4-1-3-15(11-17)27-7-2-5-22(27)29/h1,3-4,9-11,16,21,23,28H,2,5-8,12-13H2/t16-,21-,23+/m1/s1. The number of nitrogens with zero attached hydrogens (tertiary/aromatic N) is 2. The minimum atomic E-state index is -0.307. The van der Waals surface area contributed by atoms with Crippen LogP contribution >= 0.6 is 23.2 Å². The van der Waals surface area contributed by atoms with E-state index in [0.29, 0.717) is 28.8 Å². The van der Waals surface area contributed by atoms with Crippen molar-refractivity contribution in [1.29, 1.82) is 0 Å². The van der Waals surface area contributed by atoms with E-state index in [0.717, 1.165) is 49.2 Å². The molecular formula is C23H24Cl2N2O3. The summed E-state index contributed by atoms with van der Waals surface area (Å²) >= 11 is 12.8. The molecule has 2 aliphatic heterocycles. The summed E-state index contributed by atoms with van der Waals surface area (Å²) in [7, 11) is 0. The zero-order valence-electron chi connectivity index (χ0n) is 16.6. The molecule has 0 unspecified atom stereocenters. The maximum absolute atomic E-state index is 12.2. The van der Waals surface area contributed by atoms with Gasteiger partial charge in [0.25, 0.3) is 0 Å². The second-order valence-corrected chi connectivity index (χ2v) is 9.19. The van der Waals surface area contributed by atoms with Gasteiger partial charge in [-0.3, -0.25) is 9.69 Å². The van der Waals surface area contributed by atoms with Gasteiger partial charge < -0.3 is 14.7 Å². The summed E-state index contributed by atoms with van der Waals surface area (Å²) in [6.45, 7) is 2.20. The number of aliphatic hydroxyl groups is 1. The Balaban J connectivity index is 1.47. The van der Waals surface area contributed by atoms with Gasteiger partial charge in [0.1, 0.15) is 11.9 Å². The van der Waals surface area contributed by atoms with Crippen molar-refractivity contribution in [3.8, 4) is 5.75 Å². The monoisotopic (exact) mass is 446 g/mol. The van der Waals surface area contributed by atoms with Gasteiger partial charge in [-0.15, -0.1) is 0 Å². The predicted octanol–water partition coefficient (Wildman–Crippen LogP) is 4.23. The quantitative estimate of drug-likeness (QED) is 0.763. The summed E-state index contributed by atoms with van der Waals surface area (Å²) in [5, 5.41) is 11.3. The van der Waals surface area contributed by atoms with Crippen molar-refractivity contribution in [3.63, 3.8) is 0 Å². The number of benzene rings is 2. The van der Waals surface area contributed by atoms with Crippen molar-refractivity contribution < 1.29 is 14.6 Å². The van der Waals surface area contributed by atoms with Crippen molar-refractivity contribution in [2.24, 2.45) is 0 Å². The number of halogens is 2. The van der Waals surface area contributed by atoms with E-state index >= 15 is 0 Å². The number of likely N-dealkylation sites (tertiary alicyclic amines) is 1. The number of hydrogen-bond acceptors (Lipinski definition) is 4. The van der Waals surface area contributed by atoms with Crippen LogP contribution in [0.2, 0.25) is 10.0 Å². The number of rotatable bonds is 4. The second kappa shape index (κ2) is 8.04. The van der Waals surface area contributed by atoms with Crippen molar-refractivity contribution in [3.05, 3.63) is 57.6 Å². The minimum Gasteiger partial charge on any atom is -0.484 e. The molecule has 0 saturated carbocycles. The van der Waals surface area contributed by atoms with Gasteiger partial charge in [-0.1, -0.05) is 29.3 Å². The molecule has 5 rings (SSSR count). The van der Waals surface area contributed by atoms with E-state index in [4.69, 9.17) is 27.9 Å². The number of anilines is 1. The van der Waals surface area contributed by atoms with Crippen LogP contribution in [0.15, 0.2) is 36.4 Å². The molecule has 0 aromatic heterocycles. The van der Waals surface area contributed by atoms with E-state index in [1.165, 1.54) is 0 Å². The van der Waals surface area contributed by atoms with E-state index in [1.807, 2.05) is 35.2 Å². The molecule has 2 fully saturated rings. The number of fused-ring (bicyclic) bond motifs is 1. The van der Waals surface area contributed by atoms with Crippen LogP contribution in [0.5, 0.6) is 5.75 Å². The molecule has 2 heterocycles. The first-order valence-electron chi connectivity index (χ1n) is 10.5. The van der Waals surface area contributed by atoms with Gasteiger partial charge in [0.05, 0.1) is 12.1 Å². The van der Waals surface area contributed by atoms with Crippen LogP contribution < -0.4 is 9.64 Å². The molecule has 2 aromatic carbocycles. The lowest BCUT2D eigenvalue weighted by molar-refractivity contribution is -0.117. The molecular weight excluding hydrogens is 423 g/mol. The number of aliphatic hydroxyl groups excluding tert-OH is 1. The molecule has 1 amide bonds. The largest absolute Gasteiger partial charge is 0.484 e. The molecule has 0 spiro atoms. The van der Waals surface area contributed by atoms with E-state index in [1.54, 1.807) is 6.07 Å². The second-order valence-electron chi connectivity index (χ2n) is 8.35. The summed E-state index contributed by atoms with van der Waals surface area (Å²) in [5.41, 5.74) is 2.93. The van der Waals surface area contributed by atoms with E-state index in [2.05, 4.69) is 4.90 Å². The maximum atomic E-state index is 12.2. The highest BCUT2D eigenvalue weighted by molar-refractivity contribution is 6.35. The minimum absolute atomic E-state index is 0.0743. The highest BCUT2D eigenvalue weighted by atomic mass is 35.5.